The third-order valence-corrected chi connectivity index (χ3v) is 12.8. The maximum Gasteiger partial charge on any atom is 0.164 e. The second kappa shape index (κ2) is 8.45. The van der Waals surface area contributed by atoms with Gasteiger partial charge in [-0.05, 0) is 69.1 Å². The Bertz CT molecular complexity index is 1050. The van der Waals surface area contributed by atoms with Crippen LogP contribution in [0.5, 0.6) is 0 Å². The summed E-state index contributed by atoms with van der Waals surface area (Å²) in [5.41, 5.74) is -6.21. The Morgan fingerprint density at radius 1 is 1.03 bits per heavy atom. The van der Waals surface area contributed by atoms with Crippen molar-refractivity contribution in [3.05, 3.63) is 11.6 Å². The van der Waals surface area contributed by atoms with Crippen LogP contribution in [0.1, 0.15) is 101 Å². The fourth-order valence-electron chi connectivity index (χ4n) is 9.64. The molecule has 0 heterocycles. The average molecular weight is 535 g/mol. The molecule has 4 aliphatic carbocycles. The van der Waals surface area contributed by atoms with Crippen LogP contribution in [0.2, 0.25) is 0 Å². The van der Waals surface area contributed by atoms with Crippen molar-refractivity contribution in [3.63, 3.8) is 0 Å². The van der Waals surface area contributed by atoms with Crippen LogP contribution in [0.4, 0.5) is 0 Å². The largest absolute Gasteiger partial charge is 0.392 e. The number of hydrogen-bond donors (Lipinski definition) is 5. The third-order valence-electron chi connectivity index (χ3n) is 12.8. The number of carbonyl (C=O) groups excluding carboxylic acids is 2. The van der Waals surface area contributed by atoms with Crippen molar-refractivity contribution in [2.75, 3.05) is 0 Å². The fraction of sp³-hybridized carbons (Fsp3) is 0.871. The Labute approximate surface area is 227 Å². The van der Waals surface area contributed by atoms with E-state index in [4.69, 9.17) is 0 Å². The number of rotatable bonds is 5. The highest BCUT2D eigenvalue weighted by Gasteiger charge is 2.78. The molecular weight excluding hydrogens is 484 g/mol. The lowest BCUT2D eigenvalue weighted by Crippen LogP contribution is -2.68. The molecule has 5 N–H and O–H groups in total. The van der Waals surface area contributed by atoms with E-state index >= 15 is 0 Å². The van der Waals surface area contributed by atoms with Crippen molar-refractivity contribution in [1.29, 1.82) is 0 Å². The highest BCUT2D eigenvalue weighted by Crippen LogP contribution is 2.77. The number of Topliss-reactive ketones (excluding diaryl/α,β-unsaturated/α-hetero) is 2. The van der Waals surface area contributed by atoms with Crippen LogP contribution in [0, 0.1) is 38.9 Å². The van der Waals surface area contributed by atoms with Gasteiger partial charge in [0.25, 0.3) is 0 Å². The predicted molar refractivity (Wildman–Crippen MR) is 144 cm³/mol. The molecule has 0 amide bonds. The second-order valence-electron chi connectivity index (χ2n) is 15.3. The Balaban J connectivity index is 1.81. The first-order chi connectivity index (χ1) is 17.0. The molecule has 10 atom stereocenters. The van der Waals surface area contributed by atoms with Crippen molar-refractivity contribution >= 4 is 11.6 Å². The molecule has 0 saturated heterocycles. The summed E-state index contributed by atoms with van der Waals surface area (Å²) in [6.07, 6.45) is 0.745. The van der Waals surface area contributed by atoms with Gasteiger partial charge in [0.05, 0.1) is 23.9 Å². The number of hydrogen-bond acceptors (Lipinski definition) is 7. The molecule has 0 aromatic carbocycles. The molecule has 38 heavy (non-hydrogen) atoms. The number of allylic oxidation sites excluding steroid dienone is 1. The van der Waals surface area contributed by atoms with Gasteiger partial charge in [0, 0.05) is 29.1 Å². The number of aliphatic hydroxyl groups is 5. The number of fused-ring (bicyclic) bond motifs is 5. The van der Waals surface area contributed by atoms with Crippen LogP contribution in [0.25, 0.3) is 0 Å². The molecule has 216 valence electrons. The zero-order valence-corrected chi connectivity index (χ0v) is 24.8. The molecule has 0 bridgehead atoms. The SMILES string of the molecule is CC(C)(O)CCC(=O)[C@](C)(O)[C@@]1(C)[C@H](O)C[C@@]2(C)[C@@H]3CC=C4[C@@H](C[C@H](O)[C@@H](O)C4(C)C)[C@]3(C)C(=O)C[C@]12C. The van der Waals surface area contributed by atoms with E-state index in [2.05, 4.69) is 13.0 Å². The highest BCUT2D eigenvalue weighted by molar-refractivity contribution is 5.91. The molecule has 0 unspecified atom stereocenters. The monoisotopic (exact) mass is 534 g/mol. The van der Waals surface area contributed by atoms with E-state index < -0.39 is 62.4 Å². The molecule has 7 nitrogen and oxygen atoms in total. The summed E-state index contributed by atoms with van der Waals surface area (Å²) in [5, 5.41) is 55.4. The fourth-order valence-corrected chi connectivity index (χ4v) is 9.64. The van der Waals surface area contributed by atoms with E-state index in [1.807, 2.05) is 27.7 Å². The van der Waals surface area contributed by atoms with E-state index in [-0.39, 0.29) is 36.9 Å². The van der Waals surface area contributed by atoms with E-state index in [1.165, 1.54) is 6.92 Å². The summed E-state index contributed by atoms with van der Waals surface area (Å²) in [5.74, 6) is -0.824. The molecular formula is C31H50O7. The van der Waals surface area contributed by atoms with Crippen molar-refractivity contribution in [3.8, 4) is 0 Å². The molecule has 0 radical (unpaired) electrons. The summed E-state index contributed by atoms with van der Waals surface area (Å²) in [6.45, 7) is 16.4. The van der Waals surface area contributed by atoms with Crippen LogP contribution in [-0.2, 0) is 9.59 Å². The number of aliphatic hydroxyl groups excluding tert-OH is 3. The van der Waals surface area contributed by atoms with Crippen molar-refractivity contribution < 1.29 is 35.1 Å². The topological polar surface area (TPSA) is 135 Å². The zero-order chi connectivity index (χ0) is 29.1. The molecule has 0 aromatic rings. The van der Waals surface area contributed by atoms with Gasteiger partial charge in [-0.1, -0.05) is 53.2 Å². The quantitative estimate of drug-likeness (QED) is 0.341. The summed E-state index contributed by atoms with van der Waals surface area (Å²) >= 11 is 0. The number of carbonyl (C=O) groups is 2. The van der Waals surface area contributed by atoms with Gasteiger partial charge in [-0.15, -0.1) is 0 Å². The molecule has 3 fully saturated rings. The lowest BCUT2D eigenvalue weighted by molar-refractivity contribution is -0.212. The van der Waals surface area contributed by atoms with Gasteiger partial charge >= 0.3 is 0 Å². The van der Waals surface area contributed by atoms with Gasteiger partial charge in [-0.25, -0.2) is 0 Å². The lowest BCUT2D eigenvalue weighted by atomic mass is 9.36. The summed E-state index contributed by atoms with van der Waals surface area (Å²) in [6, 6.07) is 0. The maximum atomic E-state index is 14.4. The minimum absolute atomic E-state index is 0.0255. The van der Waals surface area contributed by atoms with E-state index in [0.29, 0.717) is 19.3 Å². The Kier molecular flexibility index (Phi) is 6.64. The lowest BCUT2D eigenvalue weighted by Gasteiger charge is -2.66. The maximum absolute atomic E-state index is 14.4. The summed E-state index contributed by atoms with van der Waals surface area (Å²) in [7, 11) is 0. The van der Waals surface area contributed by atoms with E-state index in [1.54, 1.807) is 20.8 Å². The highest BCUT2D eigenvalue weighted by atomic mass is 16.3. The normalized spacial score (nSPS) is 47.9. The van der Waals surface area contributed by atoms with Gasteiger partial charge in [-0.2, -0.15) is 0 Å². The molecule has 3 saturated carbocycles. The van der Waals surface area contributed by atoms with Gasteiger partial charge in [0.1, 0.15) is 11.4 Å². The standard InChI is InChI=1S/C31H50O7/c1-25(2,37)13-12-21(33)31(9,38)30(8)23(35)15-27(5)20-11-10-17-18(14-19(32)24(36)26(17,3)4)29(20,7)22(34)16-28(27,30)6/h10,18-20,23-24,32,35-38H,11-16H2,1-9H3/t18-,19+,20+,23-,24-,27+,28+,29+,30+,31+/m1/s1. The molecule has 4 rings (SSSR count). The van der Waals surface area contributed by atoms with Gasteiger partial charge in [0.2, 0.25) is 0 Å². The molecule has 0 aliphatic heterocycles. The van der Waals surface area contributed by atoms with Crippen molar-refractivity contribution in [2.24, 2.45) is 38.9 Å². The van der Waals surface area contributed by atoms with Gasteiger partial charge in [0.15, 0.2) is 5.78 Å². The molecule has 7 heteroatoms. The van der Waals surface area contributed by atoms with E-state index in [0.717, 1.165) is 5.57 Å². The molecule has 0 spiro atoms. The molecule has 0 aromatic heterocycles. The van der Waals surface area contributed by atoms with Crippen molar-refractivity contribution in [1.82, 2.24) is 0 Å². The first-order valence-electron chi connectivity index (χ1n) is 14.3. The Morgan fingerprint density at radius 2 is 1.61 bits per heavy atom. The third kappa shape index (κ3) is 3.50. The Hall–Kier alpha value is -1.12. The number of ketones is 2. The zero-order valence-electron chi connectivity index (χ0n) is 24.8. The predicted octanol–water partition coefficient (Wildman–Crippen LogP) is 3.33. The van der Waals surface area contributed by atoms with E-state index in [9.17, 15) is 35.1 Å². The first kappa shape index (κ1) is 29.9. The van der Waals surface area contributed by atoms with Crippen LogP contribution in [-0.4, -0.2) is 66.6 Å². The smallest absolute Gasteiger partial charge is 0.164 e. The first-order valence-corrected chi connectivity index (χ1v) is 14.3. The molecule has 4 aliphatic rings. The minimum atomic E-state index is -1.92. The second-order valence-corrected chi connectivity index (χ2v) is 15.3. The van der Waals surface area contributed by atoms with Crippen LogP contribution in [0.15, 0.2) is 11.6 Å². The van der Waals surface area contributed by atoms with Gasteiger partial charge < -0.3 is 25.5 Å². The average Bonchev–Trinajstić information content (AvgIpc) is 2.94. The van der Waals surface area contributed by atoms with Crippen LogP contribution >= 0.6 is 0 Å². The van der Waals surface area contributed by atoms with Crippen LogP contribution < -0.4 is 0 Å². The van der Waals surface area contributed by atoms with Gasteiger partial charge in [-0.3, -0.25) is 9.59 Å². The summed E-state index contributed by atoms with van der Waals surface area (Å²) < 4.78 is 0. The summed E-state index contributed by atoms with van der Waals surface area (Å²) in [4.78, 5) is 27.9. The van der Waals surface area contributed by atoms with Crippen LogP contribution in [0.3, 0.4) is 0 Å². The minimum Gasteiger partial charge on any atom is -0.392 e. The van der Waals surface area contributed by atoms with Crippen molar-refractivity contribution in [2.45, 2.75) is 130 Å². The Morgan fingerprint density at radius 3 is 2.16 bits per heavy atom.